The maximum atomic E-state index is 12.5. The molecule has 3 N–H and O–H groups in total. The average molecular weight is 313 g/mol. The van der Waals surface area contributed by atoms with Crippen LogP contribution in [0.5, 0.6) is 0 Å². The Kier molecular flexibility index (Phi) is 4.48. The second kappa shape index (κ2) is 6.54. The van der Waals surface area contributed by atoms with Crippen molar-refractivity contribution in [2.45, 2.75) is 39.2 Å². The Labute approximate surface area is 136 Å². The smallest absolute Gasteiger partial charge is 0.225 e. The summed E-state index contributed by atoms with van der Waals surface area (Å²) in [4.78, 5) is 12.5. The summed E-state index contributed by atoms with van der Waals surface area (Å²) in [7, 11) is 0. The summed E-state index contributed by atoms with van der Waals surface area (Å²) < 4.78 is 0. The number of aromatic nitrogens is 2. The molecule has 0 radical (unpaired) electrons. The number of hydrogen-bond donors (Lipinski definition) is 3. The lowest BCUT2D eigenvalue weighted by molar-refractivity contribution is -0.121. The number of nitrogens with zero attached hydrogens (tertiary/aromatic N) is 1. The van der Waals surface area contributed by atoms with Crippen molar-refractivity contribution in [2.75, 3.05) is 6.61 Å². The summed E-state index contributed by atoms with van der Waals surface area (Å²) in [6.07, 6.45) is 2.15. The second-order valence-electron chi connectivity index (χ2n) is 6.31. The Hall–Kier alpha value is -2.14. The van der Waals surface area contributed by atoms with Gasteiger partial charge in [0, 0.05) is 23.8 Å². The van der Waals surface area contributed by atoms with E-state index in [9.17, 15) is 9.90 Å². The van der Waals surface area contributed by atoms with Gasteiger partial charge in [0.25, 0.3) is 0 Å². The molecular weight excluding hydrogens is 290 g/mol. The molecule has 1 aliphatic carbocycles. The molecule has 3 rings (SSSR count). The molecule has 1 aromatic carbocycles. The fraction of sp³-hybridized carbons (Fsp3) is 0.444. The minimum Gasteiger partial charge on any atom is -0.396 e. The van der Waals surface area contributed by atoms with Crippen LogP contribution in [-0.4, -0.2) is 27.8 Å². The van der Waals surface area contributed by atoms with Crippen molar-refractivity contribution in [3.05, 3.63) is 52.3 Å². The Morgan fingerprint density at radius 1 is 1.39 bits per heavy atom. The summed E-state index contributed by atoms with van der Waals surface area (Å²) in [5, 5.41) is 19.9. The fourth-order valence-corrected chi connectivity index (χ4v) is 3.44. The summed E-state index contributed by atoms with van der Waals surface area (Å²) >= 11 is 0. The van der Waals surface area contributed by atoms with Crippen molar-refractivity contribution in [2.24, 2.45) is 5.92 Å². The molecule has 0 bridgehead atoms. The van der Waals surface area contributed by atoms with E-state index >= 15 is 0 Å². The summed E-state index contributed by atoms with van der Waals surface area (Å²) in [5.41, 5.74) is 5.14. The van der Waals surface area contributed by atoms with E-state index in [2.05, 4.69) is 27.6 Å². The summed E-state index contributed by atoms with van der Waals surface area (Å²) in [5.74, 6) is 0.0400. The van der Waals surface area contributed by atoms with Gasteiger partial charge in [-0.25, -0.2) is 0 Å². The number of nitrogens with one attached hydrogen (secondary N) is 2. The molecule has 0 spiro atoms. The Balaban J connectivity index is 1.79. The van der Waals surface area contributed by atoms with Crippen LogP contribution in [0.3, 0.4) is 0 Å². The standard InChI is InChI=1S/C18H23N3O2/c1-11-16(12(2)21-20-11)9-17(23)19-18-14(10-22)8-7-13-5-3-4-6-15(13)18/h3-6,14,18,22H,7-10H2,1-2H3,(H,19,23)(H,20,21). The molecule has 23 heavy (non-hydrogen) atoms. The van der Waals surface area contributed by atoms with Crippen LogP contribution >= 0.6 is 0 Å². The number of rotatable bonds is 4. The molecular formula is C18H23N3O2. The second-order valence-corrected chi connectivity index (χ2v) is 6.31. The SMILES string of the molecule is Cc1n[nH]c(C)c1CC(=O)NC1c2ccccc2CCC1CO. The predicted octanol–water partition coefficient (Wildman–Crippen LogP) is 1.98. The van der Waals surface area contributed by atoms with Crippen molar-refractivity contribution in [3.63, 3.8) is 0 Å². The highest BCUT2D eigenvalue weighted by molar-refractivity contribution is 5.79. The third kappa shape index (κ3) is 3.15. The minimum absolute atomic E-state index is 0.0299. The molecule has 2 unspecified atom stereocenters. The molecule has 5 nitrogen and oxygen atoms in total. The lowest BCUT2D eigenvalue weighted by Crippen LogP contribution is -2.38. The first-order valence-corrected chi connectivity index (χ1v) is 8.08. The van der Waals surface area contributed by atoms with Crippen molar-refractivity contribution in [1.29, 1.82) is 0 Å². The summed E-state index contributed by atoms with van der Waals surface area (Å²) in [6.45, 7) is 3.91. The van der Waals surface area contributed by atoms with Crippen molar-refractivity contribution < 1.29 is 9.90 Å². The molecule has 0 fully saturated rings. The zero-order valence-corrected chi connectivity index (χ0v) is 13.6. The van der Waals surface area contributed by atoms with Gasteiger partial charge in [0.05, 0.1) is 18.2 Å². The highest BCUT2D eigenvalue weighted by atomic mass is 16.3. The van der Waals surface area contributed by atoms with E-state index in [-0.39, 0.29) is 24.5 Å². The lowest BCUT2D eigenvalue weighted by Gasteiger charge is -2.33. The van der Waals surface area contributed by atoms with Gasteiger partial charge < -0.3 is 10.4 Å². The van der Waals surface area contributed by atoms with Gasteiger partial charge in [0.15, 0.2) is 0 Å². The number of fused-ring (bicyclic) bond motifs is 1. The lowest BCUT2D eigenvalue weighted by atomic mass is 9.80. The van der Waals surface area contributed by atoms with E-state index in [1.54, 1.807) is 0 Å². The molecule has 122 valence electrons. The topological polar surface area (TPSA) is 78.0 Å². The highest BCUT2D eigenvalue weighted by Crippen LogP contribution is 2.34. The first-order valence-electron chi connectivity index (χ1n) is 8.08. The molecule has 0 saturated carbocycles. The van der Waals surface area contributed by atoms with E-state index < -0.39 is 0 Å². The predicted molar refractivity (Wildman–Crippen MR) is 88.0 cm³/mol. The summed E-state index contributed by atoms with van der Waals surface area (Å²) in [6, 6.07) is 8.05. The van der Waals surface area contributed by atoms with Gasteiger partial charge in [-0.15, -0.1) is 0 Å². The molecule has 5 heteroatoms. The normalized spacial score (nSPS) is 20.1. The molecule has 1 heterocycles. The van der Waals surface area contributed by atoms with E-state index in [0.29, 0.717) is 6.42 Å². The van der Waals surface area contributed by atoms with Crippen molar-refractivity contribution in [1.82, 2.24) is 15.5 Å². The maximum absolute atomic E-state index is 12.5. The fourth-order valence-electron chi connectivity index (χ4n) is 3.44. The molecule has 1 amide bonds. The van der Waals surface area contributed by atoms with E-state index in [4.69, 9.17) is 0 Å². The van der Waals surface area contributed by atoms with Crippen LogP contribution in [0.4, 0.5) is 0 Å². The monoisotopic (exact) mass is 313 g/mol. The largest absolute Gasteiger partial charge is 0.396 e. The zero-order valence-electron chi connectivity index (χ0n) is 13.6. The van der Waals surface area contributed by atoms with Gasteiger partial charge in [-0.05, 0) is 37.8 Å². The molecule has 2 aromatic rings. The van der Waals surface area contributed by atoms with Crippen molar-refractivity contribution >= 4 is 5.91 Å². The number of aliphatic hydroxyl groups is 1. The van der Waals surface area contributed by atoms with Crippen LogP contribution < -0.4 is 5.32 Å². The van der Waals surface area contributed by atoms with Crippen LogP contribution in [0.15, 0.2) is 24.3 Å². The molecule has 0 aliphatic heterocycles. The molecule has 0 saturated heterocycles. The van der Waals surface area contributed by atoms with Gasteiger partial charge in [-0.2, -0.15) is 5.10 Å². The third-order valence-corrected chi connectivity index (χ3v) is 4.82. The van der Waals surface area contributed by atoms with Gasteiger partial charge in [0.1, 0.15) is 0 Å². The van der Waals surface area contributed by atoms with Gasteiger partial charge in [-0.3, -0.25) is 9.89 Å². The number of aliphatic hydroxyl groups excluding tert-OH is 1. The quantitative estimate of drug-likeness (QED) is 0.807. The number of carbonyl (C=O) groups excluding carboxylic acids is 1. The van der Waals surface area contributed by atoms with Gasteiger partial charge in [-0.1, -0.05) is 24.3 Å². The Bertz CT molecular complexity index is 689. The first kappa shape index (κ1) is 15.7. The first-order chi connectivity index (χ1) is 11.1. The van der Waals surface area contributed by atoms with Gasteiger partial charge in [0.2, 0.25) is 5.91 Å². The van der Waals surface area contributed by atoms with Crippen LogP contribution in [0.25, 0.3) is 0 Å². The number of carbonyl (C=O) groups is 1. The van der Waals surface area contributed by atoms with E-state index in [1.165, 1.54) is 5.56 Å². The molecule has 1 aromatic heterocycles. The highest BCUT2D eigenvalue weighted by Gasteiger charge is 2.30. The zero-order chi connectivity index (χ0) is 16.4. The van der Waals surface area contributed by atoms with Crippen LogP contribution in [-0.2, 0) is 17.6 Å². The number of amides is 1. The number of aromatic amines is 1. The average Bonchev–Trinajstić information content (AvgIpc) is 2.87. The number of H-pyrrole nitrogens is 1. The maximum Gasteiger partial charge on any atom is 0.225 e. The number of aryl methyl sites for hydroxylation is 3. The Morgan fingerprint density at radius 3 is 2.87 bits per heavy atom. The number of benzene rings is 1. The Morgan fingerprint density at radius 2 is 2.17 bits per heavy atom. The van der Waals surface area contributed by atoms with Crippen LogP contribution in [0.1, 0.15) is 40.5 Å². The van der Waals surface area contributed by atoms with Crippen molar-refractivity contribution in [3.8, 4) is 0 Å². The van der Waals surface area contributed by atoms with E-state index in [1.807, 2.05) is 26.0 Å². The van der Waals surface area contributed by atoms with E-state index in [0.717, 1.165) is 35.4 Å². The third-order valence-electron chi connectivity index (χ3n) is 4.82. The molecule has 2 atom stereocenters. The molecule has 1 aliphatic rings. The van der Waals surface area contributed by atoms with Crippen LogP contribution in [0, 0.1) is 19.8 Å². The van der Waals surface area contributed by atoms with Gasteiger partial charge >= 0.3 is 0 Å². The van der Waals surface area contributed by atoms with Crippen LogP contribution in [0.2, 0.25) is 0 Å². The number of hydrogen-bond acceptors (Lipinski definition) is 3. The minimum atomic E-state index is -0.120.